The molecule has 0 aliphatic rings. The van der Waals surface area contributed by atoms with Crippen LogP contribution in [0.25, 0.3) is 0 Å². The van der Waals surface area contributed by atoms with Gasteiger partial charge in [0.2, 0.25) is 0 Å². The number of nitrogens with one attached hydrogen (secondary N) is 2. The highest BCUT2D eigenvalue weighted by molar-refractivity contribution is 4.68. The zero-order valence-corrected chi connectivity index (χ0v) is 7.11. The molecule has 0 amide bonds. The smallest absolute Gasteiger partial charge is 0.00796 e. The summed E-state index contributed by atoms with van der Waals surface area (Å²) < 4.78 is 0. The lowest BCUT2D eigenvalue weighted by atomic mass is 10.2. The van der Waals surface area contributed by atoms with Gasteiger partial charge in [0.15, 0.2) is 0 Å². The molecule has 0 spiro atoms. The summed E-state index contributed by atoms with van der Waals surface area (Å²) in [5.41, 5.74) is 0. The summed E-state index contributed by atoms with van der Waals surface area (Å²) in [6.45, 7) is 11.3. The first-order chi connectivity index (χ1) is 4.81. The molecule has 0 bridgehead atoms. The van der Waals surface area contributed by atoms with Crippen molar-refractivity contribution < 1.29 is 0 Å². The minimum Gasteiger partial charge on any atom is -0.317 e. The quantitative estimate of drug-likeness (QED) is 0.537. The van der Waals surface area contributed by atoms with Crippen molar-refractivity contribution in [1.82, 2.24) is 10.6 Å². The Morgan fingerprint density at radius 2 is 2.00 bits per heavy atom. The van der Waals surface area contributed by atoms with Crippen LogP contribution in [0.5, 0.6) is 0 Å². The third kappa shape index (κ3) is 6.05. The zero-order chi connectivity index (χ0) is 7.82. The van der Waals surface area contributed by atoms with Gasteiger partial charge in [-0.3, -0.25) is 0 Å². The van der Waals surface area contributed by atoms with Gasteiger partial charge in [0.1, 0.15) is 0 Å². The molecule has 1 atom stereocenters. The second-order valence-electron chi connectivity index (χ2n) is 2.40. The van der Waals surface area contributed by atoms with Gasteiger partial charge in [-0.25, -0.2) is 0 Å². The minimum atomic E-state index is 0.407. The van der Waals surface area contributed by atoms with Gasteiger partial charge >= 0.3 is 0 Å². The maximum Gasteiger partial charge on any atom is 0.00796 e. The van der Waals surface area contributed by atoms with Crippen LogP contribution in [0.15, 0.2) is 0 Å². The van der Waals surface area contributed by atoms with E-state index in [9.17, 15) is 0 Å². The zero-order valence-electron chi connectivity index (χ0n) is 7.11. The van der Waals surface area contributed by atoms with Crippen molar-refractivity contribution in [2.45, 2.75) is 26.3 Å². The Balaban J connectivity index is 2.97. The van der Waals surface area contributed by atoms with Crippen molar-refractivity contribution in [3.8, 4) is 0 Å². The molecule has 0 aliphatic heterocycles. The third-order valence-corrected chi connectivity index (χ3v) is 1.41. The van der Waals surface area contributed by atoms with E-state index >= 15 is 0 Å². The molecular weight excluding hydrogens is 124 g/mol. The summed E-state index contributed by atoms with van der Waals surface area (Å²) in [6, 6.07) is 0.407. The second kappa shape index (κ2) is 7.03. The molecule has 0 aliphatic carbocycles. The van der Waals surface area contributed by atoms with Gasteiger partial charge in [-0.05, 0) is 33.0 Å². The fraction of sp³-hybridized carbons (Fsp3) is 0.875. The van der Waals surface area contributed by atoms with E-state index in [1.54, 1.807) is 0 Å². The van der Waals surface area contributed by atoms with Crippen LogP contribution in [0.1, 0.15) is 20.3 Å². The lowest BCUT2D eigenvalue weighted by Gasteiger charge is -2.11. The Bertz CT molecular complexity index is 64.3. The van der Waals surface area contributed by atoms with Crippen LogP contribution in [-0.4, -0.2) is 25.7 Å². The second-order valence-corrected chi connectivity index (χ2v) is 2.40. The standard InChI is InChI=1S/C8H19N2/c1-4-9-7-6-8(3)10-5-2/h8-10H,3-7H2,1-2H3. The van der Waals surface area contributed by atoms with Gasteiger partial charge in [0, 0.05) is 6.04 Å². The highest BCUT2D eigenvalue weighted by atomic mass is 14.9. The molecule has 61 valence electrons. The number of hydrogen-bond acceptors (Lipinski definition) is 2. The molecule has 0 fully saturated rings. The van der Waals surface area contributed by atoms with Gasteiger partial charge in [0.05, 0.1) is 0 Å². The fourth-order valence-corrected chi connectivity index (χ4v) is 0.844. The van der Waals surface area contributed by atoms with Crippen LogP contribution >= 0.6 is 0 Å². The molecule has 2 heteroatoms. The maximum absolute atomic E-state index is 3.95. The van der Waals surface area contributed by atoms with E-state index in [1.807, 2.05) is 0 Å². The fourth-order valence-electron chi connectivity index (χ4n) is 0.844. The van der Waals surface area contributed by atoms with Crippen molar-refractivity contribution in [2.75, 3.05) is 19.6 Å². The molecule has 0 aromatic carbocycles. The average Bonchev–Trinajstić information content (AvgIpc) is 1.89. The van der Waals surface area contributed by atoms with Crippen molar-refractivity contribution in [2.24, 2.45) is 0 Å². The third-order valence-electron chi connectivity index (χ3n) is 1.41. The van der Waals surface area contributed by atoms with E-state index < -0.39 is 0 Å². The van der Waals surface area contributed by atoms with E-state index in [4.69, 9.17) is 0 Å². The summed E-state index contributed by atoms with van der Waals surface area (Å²) in [4.78, 5) is 0. The molecule has 0 saturated heterocycles. The van der Waals surface area contributed by atoms with Crippen LogP contribution < -0.4 is 10.6 Å². The Kier molecular flexibility index (Phi) is 6.98. The molecule has 0 aromatic rings. The van der Waals surface area contributed by atoms with Gasteiger partial charge in [-0.1, -0.05) is 13.8 Å². The highest BCUT2D eigenvalue weighted by Crippen LogP contribution is 1.85. The SMILES string of the molecule is [CH2]C(CCNCC)NCC. The molecular formula is C8H19N2. The first kappa shape index (κ1) is 9.92. The van der Waals surface area contributed by atoms with Gasteiger partial charge in [-0.15, -0.1) is 0 Å². The first-order valence-corrected chi connectivity index (χ1v) is 4.08. The highest BCUT2D eigenvalue weighted by Gasteiger charge is 1.96. The molecule has 1 radical (unpaired) electrons. The molecule has 2 nitrogen and oxygen atoms in total. The molecule has 2 N–H and O–H groups in total. The van der Waals surface area contributed by atoms with Crippen LogP contribution in [0, 0.1) is 6.92 Å². The topological polar surface area (TPSA) is 24.1 Å². The monoisotopic (exact) mass is 143 g/mol. The van der Waals surface area contributed by atoms with Crippen molar-refractivity contribution in [1.29, 1.82) is 0 Å². The lowest BCUT2D eigenvalue weighted by molar-refractivity contribution is 0.543. The molecule has 10 heavy (non-hydrogen) atoms. The predicted octanol–water partition coefficient (Wildman–Crippen LogP) is 0.798. The summed E-state index contributed by atoms with van der Waals surface area (Å²) >= 11 is 0. The molecule has 1 unspecified atom stereocenters. The Morgan fingerprint density at radius 3 is 2.50 bits per heavy atom. The summed E-state index contributed by atoms with van der Waals surface area (Å²) in [5.74, 6) is 0. The number of hydrogen-bond donors (Lipinski definition) is 2. The average molecular weight is 143 g/mol. The van der Waals surface area contributed by atoms with Gasteiger partial charge in [-0.2, -0.15) is 0 Å². The van der Waals surface area contributed by atoms with Crippen molar-refractivity contribution >= 4 is 0 Å². The summed E-state index contributed by atoms with van der Waals surface area (Å²) in [5, 5.41) is 6.51. The van der Waals surface area contributed by atoms with Gasteiger partial charge in [0.25, 0.3) is 0 Å². The van der Waals surface area contributed by atoms with E-state index in [0.29, 0.717) is 6.04 Å². The van der Waals surface area contributed by atoms with Crippen LogP contribution in [0.3, 0.4) is 0 Å². The minimum absolute atomic E-state index is 0.407. The molecule has 0 rings (SSSR count). The predicted molar refractivity (Wildman–Crippen MR) is 46.0 cm³/mol. The van der Waals surface area contributed by atoms with E-state index in [-0.39, 0.29) is 0 Å². The Hall–Kier alpha value is -0.0800. The van der Waals surface area contributed by atoms with Crippen molar-refractivity contribution in [3.63, 3.8) is 0 Å². The Morgan fingerprint density at radius 1 is 1.30 bits per heavy atom. The van der Waals surface area contributed by atoms with E-state index in [1.165, 1.54) is 0 Å². The van der Waals surface area contributed by atoms with Crippen molar-refractivity contribution in [3.05, 3.63) is 6.92 Å². The largest absolute Gasteiger partial charge is 0.317 e. The van der Waals surface area contributed by atoms with Crippen LogP contribution in [-0.2, 0) is 0 Å². The van der Waals surface area contributed by atoms with Gasteiger partial charge < -0.3 is 10.6 Å². The number of rotatable bonds is 6. The van der Waals surface area contributed by atoms with E-state index in [2.05, 4.69) is 31.4 Å². The lowest BCUT2D eigenvalue weighted by Crippen LogP contribution is -2.29. The Labute approximate surface area is 64.4 Å². The normalized spacial score (nSPS) is 13.5. The van der Waals surface area contributed by atoms with E-state index in [0.717, 1.165) is 26.1 Å². The molecule has 0 heterocycles. The maximum atomic E-state index is 3.95. The van der Waals surface area contributed by atoms with Crippen LogP contribution in [0.2, 0.25) is 0 Å². The summed E-state index contributed by atoms with van der Waals surface area (Å²) in [6.07, 6.45) is 1.11. The van der Waals surface area contributed by atoms with Crippen LogP contribution in [0.4, 0.5) is 0 Å². The summed E-state index contributed by atoms with van der Waals surface area (Å²) in [7, 11) is 0. The molecule has 0 saturated carbocycles. The molecule has 0 aromatic heterocycles. The first-order valence-electron chi connectivity index (χ1n) is 4.08.